The summed E-state index contributed by atoms with van der Waals surface area (Å²) in [5, 5.41) is 2.86. The highest BCUT2D eigenvalue weighted by atomic mass is 16.6. The average Bonchev–Trinajstić information content (AvgIpc) is 2.86. The lowest BCUT2D eigenvalue weighted by molar-refractivity contribution is 0.0593. The molecular formula is C26H23N5O3. The van der Waals surface area contributed by atoms with Gasteiger partial charge >= 0.3 is 6.09 Å². The highest BCUT2D eigenvalue weighted by Crippen LogP contribution is 2.33. The van der Waals surface area contributed by atoms with Gasteiger partial charge in [0.25, 0.3) is 5.91 Å². The molecule has 2 aromatic carbocycles. The van der Waals surface area contributed by atoms with Gasteiger partial charge in [0.05, 0.1) is 11.4 Å². The molecule has 8 heteroatoms. The molecule has 4 rings (SSSR count). The number of nitrogens with one attached hydrogen (secondary N) is 1. The van der Waals surface area contributed by atoms with Gasteiger partial charge in [0.2, 0.25) is 0 Å². The Hall–Kier alpha value is -4.72. The van der Waals surface area contributed by atoms with E-state index in [0.717, 1.165) is 11.1 Å². The number of nitrogens with zero attached hydrogens (tertiary/aromatic N) is 2. The van der Waals surface area contributed by atoms with Crippen LogP contribution in [0.1, 0.15) is 28.4 Å². The first-order valence-electron chi connectivity index (χ1n) is 10.5. The Morgan fingerprint density at radius 1 is 0.882 bits per heavy atom. The number of carbonyl (C=O) groups is 2. The molecule has 34 heavy (non-hydrogen) atoms. The van der Waals surface area contributed by atoms with Gasteiger partial charge in [-0.2, -0.15) is 0 Å². The average molecular weight is 454 g/mol. The van der Waals surface area contributed by atoms with Crippen molar-refractivity contribution in [3.63, 3.8) is 0 Å². The quantitative estimate of drug-likeness (QED) is 0.372. The van der Waals surface area contributed by atoms with Gasteiger partial charge in [-0.25, -0.2) is 4.79 Å². The zero-order chi connectivity index (χ0) is 24.1. The summed E-state index contributed by atoms with van der Waals surface area (Å²) in [7, 11) is 0. The first-order chi connectivity index (χ1) is 16.4. The Morgan fingerprint density at radius 3 is 2.21 bits per heavy atom. The van der Waals surface area contributed by atoms with E-state index in [0.29, 0.717) is 28.1 Å². The second-order valence-electron chi connectivity index (χ2n) is 7.77. The summed E-state index contributed by atoms with van der Waals surface area (Å²) in [6.07, 6.45) is 5.74. The van der Waals surface area contributed by atoms with Crippen LogP contribution in [0.3, 0.4) is 0 Å². The fraction of sp³-hybridized carbons (Fsp3) is 0.0769. The largest absolute Gasteiger partial charge is 0.433 e. The Morgan fingerprint density at radius 2 is 1.59 bits per heavy atom. The molecule has 1 atom stereocenters. The number of pyridine rings is 2. The van der Waals surface area contributed by atoms with Crippen LogP contribution in [-0.4, -0.2) is 22.0 Å². The summed E-state index contributed by atoms with van der Waals surface area (Å²) in [5.74, 6) is -0.333. The van der Waals surface area contributed by atoms with Crippen LogP contribution in [0, 0.1) is 0 Å². The van der Waals surface area contributed by atoms with Gasteiger partial charge in [0, 0.05) is 41.5 Å². The van der Waals surface area contributed by atoms with Crippen LogP contribution in [0.4, 0.5) is 16.2 Å². The van der Waals surface area contributed by atoms with Crippen molar-refractivity contribution in [3.8, 4) is 11.1 Å². The van der Waals surface area contributed by atoms with Gasteiger partial charge in [-0.15, -0.1) is 0 Å². The molecule has 4 aromatic rings. The molecule has 0 radical (unpaired) electrons. The number of nitrogen functional groups attached to an aromatic ring is 1. The summed E-state index contributed by atoms with van der Waals surface area (Å²) in [6, 6.07) is 19.4. The van der Waals surface area contributed by atoms with Crippen LogP contribution in [0.2, 0.25) is 0 Å². The molecule has 5 N–H and O–H groups in total. The molecule has 2 aromatic heterocycles. The second-order valence-corrected chi connectivity index (χ2v) is 7.77. The molecular weight excluding hydrogens is 430 g/mol. The molecule has 2 amide bonds. The lowest BCUT2D eigenvalue weighted by Crippen LogP contribution is -2.33. The predicted octanol–water partition coefficient (Wildman–Crippen LogP) is 4.34. The highest BCUT2D eigenvalue weighted by Gasteiger charge is 2.33. The van der Waals surface area contributed by atoms with Crippen molar-refractivity contribution in [2.75, 3.05) is 11.1 Å². The number of nitrogens with two attached hydrogens (primary N) is 2. The molecule has 0 aliphatic rings. The Balaban J connectivity index is 1.59. The molecule has 1 unspecified atom stereocenters. The minimum absolute atomic E-state index is 0.333. The van der Waals surface area contributed by atoms with Crippen LogP contribution >= 0.6 is 0 Å². The molecule has 0 aliphatic carbocycles. The van der Waals surface area contributed by atoms with Gasteiger partial charge in [0.1, 0.15) is 0 Å². The lowest BCUT2D eigenvalue weighted by atomic mass is 9.88. The molecule has 8 nitrogen and oxygen atoms in total. The van der Waals surface area contributed by atoms with Crippen molar-refractivity contribution in [2.24, 2.45) is 5.73 Å². The van der Waals surface area contributed by atoms with Crippen molar-refractivity contribution >= 4 is 23.4 Å². The maximum Gasteiger partial charge on any atom is 0.405 e. The molecule has 0 spiro atoms. The van der Waals surface area contributed by atoms with E-state index in [1.54, 1.807) is 80.2 Å². The zero-order valence-corrected chi connectivity index (χ0v) is 18.4. The number of amides is 2. The smallest absolute Gasteiger partial charge is 0.405 e. The number of primary amides is 1. The van der Waals surface area contributed by atoms with E-state index in [4.69, 9.17) is 16.2 Å². The fourth-order valence-corrected chi connectivity index (χ4v) is 3.64. The van der Waals surface area contributed by atoms with Crippen LogP contribution in [-0.2, 0) is 10.3 Å². The van der Waals surface area contributed by atoms with E-state index < -0.39 is 11.7 Å². The summed E-state index contributed by atoms with van der Waals surface area (Å²) >= 11 is 0. The van der Waals surface area contributed by atoms with Crippen molar-refractivity contribution < 1.29 is 14.3 Å². The third-order valence-electron chi connectivity index (χ3n) is 5.51. The first kappa shape index (κ1) is 22.5. The van der Waals surface area contributed by atoms with Crippen LogP contribution in [0.5, 0.6) is 0 Å². The monoisotopic (exact) mass is 453 g/mol. The summed E-state index contributed by atoms with van der Waals surface area (Å²) in [4.78, 5) is 32.8. The Labute approximate surface area is 196 Å². The predicted molar refractivity (Wildman–Crippen MR) is 130 cm³/mol. The van der Waals surface area contributed by atoms with E-state index in [2.05, 4.69) is 15.3 Å². The van der Waals surface area contributed by atoms with Crippen LogP contribution in [0.15, 0.2) is 91.5 Å². The Kier molecular flexibility index (Phi) is 6.22. The highest BCUT2D eigenvalue weighted by molar-refractivity contribution is 6.06. The number of anilines is 2. The SMILES string of the molecule is CC(OC(N)=O)(c1ccc(C(=O)Nc2cc(-c3cccnc3)ccc2N)cc1)c1cccnc1. The van der Waals surface area contributed by atoms with E-state index in [-0.39, 0.29) is 5.91 Å². The standard InChI is InChI=1S/C26H23N5O3/c1-26(34-25(28)33,21-5-3-13-30-16-21)20-9-6-17(7-10-20)24(32)31-23-14-18(8-11-22(23)27)19-4-2-12-29-15-19/h2-16H,27H2,1H3,(H2,28,33)(H,31,32). The van der Waals surface area contributed by atoms with E-state index in [9.17, 15) is 9.59 Å². The molecule has 2 heterocycles. The molecule has 0 saturated carbocycles. The van der Waals surface area contributed by atoms with Crippen LogP contribution < -0.4 is 16.8 Å². The third-order valence-corrected chi connectivity index (χ3v) is 5.51. The Bertz CT molecular complexity index is 1310. The maximum atomic E-state index is 12.9. The van der Waals surface area contributed by atoms with E-state index in [1.807, 2.05) is 18.2 Å². The van der Waals surface area contributed by atoms with Gasteiger partial charge in [-0.3, -0.25) is 14.8 Å². The summed E-state index contributed by atoms with van der Waals surface area (Å²) < 4.78 is 5.45. The van der Waals surface area contributed by atoms with Crippen LogP contribution in [0.25, 0.3) is 11.1 Å². The number of hydrogen-bond donors (Lipinski definition) is 3. The molecule has 0 bridgehead atoms. The van der Waals surface area contributed by atoms with E-state index >= 15 is 0 Å². The lowest BCUT2D eigenvalue weighted by Gasteiger charge is -2.29. The van der Waals surface area contributed by atoms with Crippen molar-refractivity contribution in [2.45, 2.75) is 12.5 Å². The van der Waals surface area contributed by atoms with E-state index in [1.165, 1.54) is 0 Å². The number of carbonyl (C=O) groups excluding carboxylic acids is 2. The van der Waals surface area contributed by atoms with Gasteiger partial charge in [-0.1, -0.05) is 30.3 Å². The van der Waals surface area contributed by atoms with Crippen molar-refractivity contribution in [1.29, 1.82) is 0 Å². The topological polar surface area (TPSA) is 133 Å². The molecule has 0 fully saturated rings. The summed E-state index contributed by atoms with van der Waals surface area (Å²) in [5.41, 5.74) is 14.6. The van der Waals surface area contributed by atoms with Gasteiger partial charge in [0.15, 0.2) is 5.60 Å². The fourth-order valence-electron chi connectivity index (χ4n) is 3.64. The number of hydrogen-bond acceptors (Lipinski definition) is 6. The van der Waals surface area contributed by atoms with Crippen molar-refractivity contribution in [1.82, 2.24) is 9.97 Å². The first-order valence-corrected chi connectivity index (χ1v) is 10.5. The van der Waals surface area contributed by atoms with Gasteiger partial charge in [-0.05, 0) is 54.4 Å². The number of aromatic nitrogens is 2. The summed E-state index contributed by atoms with van der Waals surface area (Å²) in [6.45, 7) is 1.72. The third kappa shape index (κ3) is 4.71. The van der Waals surface area contributed by atoms with Crippen molar-refractivity contribution in [3.05, 3.63) is 108 Å². The zero-order valence-electron chi connectivity index (χ0n) is 18.4. The number of ether oxygens (including phenoxy) is 1. The minimum atomic E-state index is -1.17. The molecule has 0 aliphatic heterocycles. The number of rotatable bonds is 6. The maximum absolute atomic E-state index is 12.9. The molecule has 170 valence electrons. The normalized spacial score (nSPS) is 12.4. The second kappa shape index (κ2) is 9.41. The van der Waals surface area contributed by atoms with Gasteiger partial charge < -0.3 is 21.5 Å². The molecule has 0 saturated heterocycles. The minimum Gasteiger partial charge on any atom is -0.433 e. The number of benzene rings is 2.